The SMILES string of the molecule is CNc1ncc(-c2c(C)cc(OC)cc2OC)o1. The fourth-order valence-corrected chi connectivity index (χ4v) is 1.82. The average molecular weight is 248 g/mol. The third kappa shape index (κ3) is 2.11. The quantitative estimate of drug-likeness (QED) is 0.901. The Morgan fingerprint density at radius 2 is 2.00 bits per heavy atom. The monoisotopic (exact) mass is 248 g/mol. The maximum atomic E-state index is 5.57. The second-order valence-electron chi connectivity index (χ2n) is 3.80. The summed E-state index contributed by atoms with van der Waals surface area (Å²) in [4.78, 5) is 4.11. The van der Waals surface area contributed by atoms with Crippen molar-refractivity contribution in [3.63, 3.8) is 0 Å². The molecule has 0 aliphatic carbocycles. The third-order valence-electron chi connectivity index (χ3n) is 2.69. The lowest BCUT2D eigenvalue weighted by molar-refractivity contribution is 0.394. The molecule has 0 atom stereocenters. The number of rotatable bonds is 4. The second kappa shape index (κ2) is 5.00. The van der Waals surface area contributed by atoms with E-state index in [1.54, 1.807) is 27.5 Å². The minimum atomic E-state index is 0.474. The fourth-order valence-electron chi connectivity index (χ4n) is 1.82. The van der Waals surface area contributed by atoms with Crippen molar-refractivity contribution in [1.29, 1.82) is 0 Å². The fraction of sp³-hybridized carbons (Fsp3) is 0.308. The molecule has 0 amide bonds. The largest absolute Gasteiger partial charge is 0.497 e. The maximum absolute atomic E-state index is 5.57. The van der Waals surface area contributed by atoms with E-state index in [9.17, 15) is 0 Å². The van der Waals surface area contributed by atoms with Crippen LogP contribution in [0.2, 0.25) is 0 Å². The predicted molar refractivity (Wildman–Crippen MR) is 69.3 cm³/mol. The van der Waals surface area contributed by atoms with Crippen LogP contribution in [0.15, 0.2) is 22.7 Å². The molecule has 1 heterocycles. The normalized spacial score (nSPS) is 10.2. The molecule has 0 radical (unpaired) electrons. The minimum absolute atomic E-state index is 0.474. The Kier molecular flexibility index (Phi) is 3.41. The molecular formula is C13H16N2O3. The number of methoxy groups -OCH3 is 2. The Morgan fingerprint density at radius 1 is 1.22 bits per heavy atom. The molecule has 0 aliphatic rings. The number of nitrogens with one attached hydrogen (secondary N) is 1. The first kappa shape index (κ1) is 12.3. The highest BCUT2D eigenvalue weighted by Crippen LogP contribution is 2.37. The molecule has 96 valence electrons. The Bertz CT molecular complexity index is 549. The van der Waals surface area contributed by atoms with E-state index in [0.29, 0.717) is 17.5 Å². The lowest BCUT2D eigenvalue weighted by atomic mass is 10.1. The Labute approximate surface area is 106 Å². The van der Waals surface area contributed by atoms with E-state index in [1.165, 1.54) is 0 Å². The van der Waals surface area contributed by atoms with Crippen molar-refractivity contribution >= 4 is 6.01 Å². The number of benzene rings is 1. The van der Waals surface area contributed by atoms with Crippen molar-refractivity contribution < 1.29 is 13.9 Å². The molecule has 1 aromatic carbocycles. The van der Waals surface area contributed by atoms with Gasteiger partial charge < -0.3 is 19.2 Å². The van der Waals surface area contributed by atoms with E-state index in [4.69, 9.17) is 13.9 Å². The highest BCUT2D eigenvalue weighted by atomic mass is 16.5. The van der Waals surface area contributed by atoms with Gasteiger partial charge in [0.2, 0.25) is 0 Å². The van der Waals surface area contributed by atoms with Gasteiger partial charge in [-0.15, -0.1) is 0 Å². The third-order valence-corrected chi connectivity index (χ3v) is 2.69. The Balaban J connectivity index is 2.55. The van der Waals surface area contributed by atoms with Crippen LogP contribution < -0.4 is 14.8 Å². The van der Waals surface area contributed by atoms with Gasteiger partial charge >= 0.3 is 0 Å². The summed E-state index contributed by atoms with van der Waals surface area (Å²) in [5.41, 5.74) is 1.89. The molecule has 2 aromatic rings. The van der Waals surface area contributed by atoms with E-state index in [-0.39, 0.29) is 0 Å². The number of ether oxygens (including phenoxy) is 2. The van der Waals surface area contributed by atoms with Crippen LogP contribution in [0.1, 0.15) is 5.56 Å². The molecule has 0 unspecified atom stereocenters. The lowest BCUT2D eigenvalue weighted by Gasteiger charge is -2.11. The predicted octanol–water partition coefficient (Wildman–Crippen LogP) is 2.71. The lowest BCUT2D eigenvalue weighted by Crippen LogP contribution is -1.93. The summed E-state index contributed by atoms with van der Waals surface area (Å²) in [5, 5.41) is 2.85. The molecule has 2 rings (SSSR count). The highest BCUT2D eigenvalue weighted by Gasteiger charge is 2.15. The molecule has 0 fully saturated rings. The van der Waals surface area contributed by atoms with Crippen molar-refractivity contribution in [2.45, 2.75) is 6.92 Å². The van der Waals surface area contributed by atoms with Crippen LogP contribution in [0.5, 0.6) is 11.5 Å². The van der Waals surface area contributed by atoms with Gasteiger partial charge in [-0.1, -0.05) is 0 Å². The molecule has 1 N–H and O–H groups in total. The van der Waals surface area contributed by atoms with Crippen molar-refractivity contribution in [1.82, 2.24) is 4.98 Å². The molecule has 1 aromatic heterocycles. The number of aromatic nitrogens is 1. The number of hydrogen-bond acceptors (Lipinski definition) is 5. The standard InChI is InChI=1S/C13H16N2O3/c1-8-5-9(16-3)6-10(17-4)12(8)11-7-15-13(14-2)18-11/h5-7H,1-4H3,(H,14,15). The van der Waals surface area contributed by atoms with Crippen molar-refractivity contribution in [3.05, 3.63) is 23.9 Å². The summed E-state index contributed by atoms with van der Waals surface area (Å²) >= 11 is 0. The van der Waals surface area contributed by atoms with Crippen molar-refractivity contribution in [2.75, 3.05) is 26.6 Å². The van der Waals surface area contributed by atoms with Crippen LogP contribution in [0.3, 0.4) is 0 Å². The van der Waals surface area contributed by atoms with Gasteiger partial charge in [-0.3, -0.25) is 0 Å². The van der Waals surface area contributed by atoms with Crippen LogP contribution >= 0.6 is 0 Å². The molecule has 5 heteroatoms. The molecule has 5 nitrogen and oxygen atoms in total. The summed E-state index contributed by atoms with van der Waals surface area (Å²) in [6.45, 7) is 1.97. The zero-order valence-electron chi connectivity index (χ0n) is 10.9. The molecule has 18 heavy (non-hydrogen) atoms. The van der Waals surface area contributed by atoms with E-state index in [2.05, 4.69) is 10.3 Å². The van der Waals surface area contributed by atoms with Crippen molar-refractivity contribution in [3.8, 4) is 22.8 Å². The number of oxazole rings is 1. The Hall–Kier alpha value is -2.17. The zero-order chi connectivity index (χ0) is 13.1. The smallest absolute Gasteiger partial charge is 0.294 e. The number of hydrogen-bond donors (Lipinski definition) is 1. The molecule has 0 aliphatic heterocycles. The van der Waals surface area contributed by atoms with Crippen LogP contribution in [0.4, 0.5) is 6.01 Å². The van der Waals surface area contributed by atoms with Gasteiger partial charge in [-0.2, -0.15) is 0 Å². The topological polar surface area (TPSA) is 56.5 Å². The second-order valence-corrected chi connectivity index (χ2v) is 3.80. The number of anilines is 1. The van der Waals surface area contributed by atoms with Gasteiger partial charge in [0.15, 0.2) is 5.76 Å². The number of nitrogens with zero attached hydrogens (tertiary/aromatic N) is 1. The van der Waals surface area contributed by atoms with Gasteiger partial charge in [-0.05, 0) is 18.6 Å². The van der Waals surface area contributed by atoms with Crippen LogP contribution in [0.25, 0.3) is 11.3 Å². The maximum Gasteiger partial charge on any atom is 0.294 e. The molecule has 0 saturated carbocycles. The van der Waals surface area contributed by atoms with Gasteiger partial charge in [0.05, 0.1) is 26.0 Å². The number of aryl methyl sites for hydroxylation is 1. The first-order valence-corrected chi connectivity index (χ1v) is 5.56. The van der Waals surface area contributed by atoms with E-state index < -0.39 is 0 Å². The Morgan fingerprint density at radius 3 is 2.56 bits per heavy atom. The highest BCUT2D eigenvalue weighted by molar-refractivity contribution is 5.71. The van der Waals surface area contributed by atoms with E-state index in [0.717, 1.165) is 16.9 Å². The van der Waals surface area contributed by atoms with Crippen LogP contribution in [-0.4, -0.2) is 26.3 Å². The summed E-state index contributed by atoms with van der Waals surface area (Å²) in [5.74, 6) is 2.11. The van der Waals surface area contributed by atoms with E-state index >= 15 is 0 Å². The van der Waals surface area contributed by atoms with Gasteiger partial charge in [-0.25, -0.2) is 4.98 Å². The average Bonchev–Trinajstić information content (AvgIpc) is 2.85. The van der Waals surface area contributed by atoms with Gasteiger partial charge in [0.1, 0.15) is 11.5 Å². The van der Waals surface area contributed by atoms with E-state index in [1.807, 2.05) is 19.1 Å². The zero-order valence-corrected chi connectivity index (χ0v) is 10.9. The van der Waals surface area contributed by atoms with Gasteiger partial charge in [0.25, 0.3) is 6.01 Å². The summed E-state index contributed by atoms with van der Waals surface area (Å²) < 4.78 is 16.2. The molecular weight excluding hydrogens is 232 g/mol. The van der Waals surface area contributed by atoms with Crippen molar-refractivity contribution in [2.24, 2.45) is 0 Å². The first-order valence-electron chi connectivity index (χ1n) is 5.56. The molecule has 0 bridgehead atoms. The summed E-state index contributed by atoms with van der Waals surface area (Å²) in [6.07, 6.45) is 1.67. The first-order chi connectivity index (χ1) is 8.69. The molecule has 0 saturated heterocycles. The summed E-state index contributed by atoms with van der Waals surface area (Å²) in [6, 6.07) is 4.23. The summed E-state index contributed by atoms with van der Waals surface area (Å²) in [7, 11) is 5.00. The minimum Gasteiger partial charge on any atom is -0.497 e. The van der Waals surface area contributed by atoms with Crippen LogP contribution in [-0.2, 0) is 0 Å². The van der Waals surface area contributed by atoms with Crippen LogP contribution in [0, 0.1) is 6.92 Å². The molecule has 0 spiro atoms. The van der Waals surface area contributed by atoms with Gasteiger partial charge in [0, 0.05) is 13.1 Å².